The number of carbonyl (C=O) groups excluding carboxylic acids is 3. The van der Waals surface area contributed by atoms with Crippen LogP contribution in [0.25, 0.3) is 0 Å². The molecule has 28 heavy (non-hydrogen) atoms. The number of carbonyl (C=O) groups is 3. The number of piperidine rings is 1. The van der Waals surface area contributed by atoms with Gasteiger partial charge in [0, 0.05) is 13.1 Å². The van der Waals surface area contributed by atoms with Gasteiger partial charge in [-0.1, -0.05) is 18.2 Å². The van der Waals surface area contributed by atoms with Crippen LogP contribution in [0, 0.1) is 5.92 Å². The third kappa shape index (κ3) is 4.72. The van der Waals surface area contributed by atoms with E-state index in [0.29, 0.717) is 32.5 Å². The summed E-state index contributed by atoms with van der Waals surface area (Å²) in [4.78, 5) is 38.3. The molecule has 152 valence electrons. The fourth-order valence-electron chi connectivity index (χ4n) is 4.09. The van der Waals surface area contributed by atoms with Gasteiger partial charge in [-0.15, -0.1) is 0 Å². The Bertz CT molecular complexity index is 738. The Hall–Kier alpha value is -2.37. The molecule has 6 nitrogen and oxygen atoms in total. The fourth-order valence-corrected chi connectivity index (χ4v) is 4.09. The van der Waals surface area contributed by atoms with Crippen LogP contribution in [0.3, 0.4) is 0 Å². The summed E-state index contributed by atoms with van der Waals surface area (Å²) in [7, 11) is 0. The Morgan fingerprint density at radius 1 is 1.14 bits per heavy atom. The van der Waals surface area contributed by atoms with Gasteiger partial charge in [0.2, 0.25) is 0 Å². The van der Waals surface area contributed by atoms with Crippen molar-refractivity contribution < 1.29 is 19.1 Å². The Labute approximate surface area is 166 Å². The van der Waals surface area contributed by atoms with Crippen molar-refractivity contribution in [1.82, 2.24) is 10.2 Å². The topological polar surface area (TPSA) is 75.7 Å². The second-order valence-electron chi connectivity index (χ2n) is 7.75. The fraction of sp³-hybridized carbons (Fsp3) is 0.591. The van der Waals surface area contributed by atoms with Gasteiger partial charge in [0.05, 0.1) is 18.6 Å². The van der Waals surface area contributed by atoms with Crippen molar-refractivity contribution in [3.63, 3.8) is 0 Å². The summed E-state index contributed by atoms with van der Waals surface area (Å²) in [6.45, 7) is 4.86. The van der Waals surface area contributed by atoms with Gasteiger partial charge in [-0.25, -0.2) is 0 Å². The highest BCUT2D eigenvalue weighted by atomic mass is 16.5. The zero-order chi connectivity index (χ0) is 20.1. The molecule has 0 radical (unpaired) electrons. The molecule has 0 spiro atoms. The molecular formula is C22H30N2O4. The third-order valence-corrected chi connectivity index (χ3v) is 5.82. The second-order valence-corrected chi connectivity index (χ2v) is 7.75. The number of aryl methyl sites for hydroxylation is 2. The van der Waals surface area contributed by atoms with Crippen LogP contribution < -0.4 is 5.32 Å². The number of nitrogens with one attached hydrogen (secondary N) is 1. The summed E-state index contributed by atoms with van der Waals surface area (Å²) in [5.41, 5.74) is 3.79. The minimum Gasteiger partial charge on any atom is -0.466 e. The Morgan fingerprint density at radius 3 is 2.50 bits per heavy atom. The van der Waals surface area contributed by atoms with E-state index in [1.54, 1.807) is 6.92 Å². The summed E-state index contributed by atoms with van der Waals surface area (Å²) in [5.74, 6) is -1.49. The first-order chi connectivity index (χ1) is 13.5. The lowest BCUT2D eigenvalue weighted by Gasteiger charge is -2.30. The zero-order valence-corrected chi connectivity index (χ0v) is 16.8. The maximum Gasteiger partial charge on any atom is 0.311 e. The van der Waals surface area contributed by atoms with E-state index in [2.05, 4.69) is 17.4 Å². The first-order valence-electron chi connectivity index (χ1n) is 10.4. The van der Waals surface area contributed by atoms with Crippen molar-refractivity contribution >= 4 is 17.8 Å². The van der Waals surface area contributed by atoms with Crippen LogP contribution in [0.4, 0.5) is 0 Å². The van der Waals surface area contributed by atoms with Crippen molar-refractivity contribution in [2.75, 3.05) is 19.7 Å². The Balaban J connectivity index is 1.53. The highest BCUT2D eigenvalue weighted by Gasteiger charge is 2.31. The lowest BCUT2D eigenvalue weighted by Crippen LogP contribution is -2.47. The molecule has 1 atom stereocenters. The molecule has 2 amide bonds. The molecule has 1 heterocycles. The number of benzene rings is 1. The van der Waals surface area contributed by atoms with Crippen LogP contribution in [-0.4, -0.2) is 42.4 Å². The van der Waals surface area contributed by atoms with Crippen LogP contribution in [0.15, 0.2) is 18.2 Å². The van der Waals surface area contributed by atoms with Crippen LogP contribution >= 0.6 is 0 Å². The molecular weight excluding hydrogens is 356 g/mol. The van der Waals surface area contributed by atoms with E-state index in [1.165, 1.54) is 28.9 Å². The molecule has 1 aliphatic carbocycles. The summed E-state index contributed by atoms with van der Waals surface area (Å²) < 4.78 is 5.04. The van der Waals surface area contributed by atoms with Crippen LogP contribution in [0.1, 0.15) is 62.3 Å². The number of nitrogens with zero attached hydrogens (tertiary/aromatic N) is 1. The van der Waals surface area contributed by atoms with Crippen LogP contribution in [-0.2, 0) is 32.0 Å². The molecule has 0 bridgehead atoms. The van der Waals surface area contributed by atoms with Crippen LogP contribution in [0.5, 0.6) is 0 Å². The van der Waals surface area contributed by atoms with Crippen molar-refractivity contribution in [2.45, 2.75) is 58.4 Å². The maximum atomic E-state index is 12.5. The molecule has 2 aliphatic rings. The number of rotatable bonds is 4. The second kappa shape index (κ2) is 9.22. The predicted molar refractivity (Wildman–Crippen MR) is 106 cm³/mol. The molecule has 1 unspecified atom stereocenters. The predicted octanol–water partition coefficient (Wildman–Crippen LogP) is 2.54. The quantitative estimate of drug-likeness (QED) is 0.637. The molecule has 1 fully saturated rings. The summed E-state index contributed by atoms with van der Waals surface area (Å²) in [5, 5.41) is 2.83. The lowest BCUT2D eigenvalue weighted by atomic mass is 9.89. The molecule has 1 aromatic carbocycles. The molecule has 0 saturated carbocycles. The summed E-state index contributed by atoms with van der Waals surface area (Å²) in [6, 6.07) is 6.13. The smallest absolute Gasteiger partial charge is 0.311 e. The average molecular weight is 386 g/mol. The first-order valence-corrected chi connectivity index (χ1v) is 10.4. The van der Waals surface area contributed by atoms with Crippen molar-refractivity contribution in [2.24, 2.45) is 5.92 Å². The standard InChI is InChI=1S/C22H30N2O4/c1-3-28-22(27)17-10-12-24(13-11-17)21(26)20(25)23-15(2)18-9-8-16-6-4-5-7-19(16)14-18/h8-9,14-15,17H,3-7,10-13H2,1-2H3,(H,23,25). The third-order valence-electron chi connectivity index (χ3n) is 5.82. The number of fused-ring (bicyclic) bond motifs is 1. The maximum absolute atomic E-state index is 12.5. The monoisotopic (exact) mass is 386 g/mol. The number of esters is 1. The molecule has 0 aromatic heterocycles. The van der Waals surface area contributed by atoms with Gasteiger partial charge in [0.15, 0.2) is 0 Å². The number of ether oxygens (including phenoxy) is 1. The molecule has 3 rings (SSSR count). The minimum absolute atomic E-state index is 0.179. The van der Waals surface area contributed by atoms with E-state index >= 15 is 0 Å². The summed E-state index contributed by atoms with van der Waals surface area (Å²) in [6.07, 6.45) is 5.72. The van der Waals surface area contributed by atoms with Crippen molar-refractivity contribution in [3.8, 4) is 0 Å². The highest BCUT2D eigenvalue weighted by molar-refractivity contribution is 6.35. The Kier molecular flexibility index (Phi) is 6.70. The lowest BCUT2D eigenvalue weighted by molar-refractivity contribution is -0.152. The van der Waals surface area contributed by atoms with Crippen molar-refractivity contribution in [3.05, 3.63) is 34.9 Å². The van der Waals surface area contributed by atoms with E-state index in [1.807, 2.05) is 13.0 Å². The largest absolute Gasteiger partial charge is 0.466 e. The van der Waals surface area contributed by atoms with E-state index in [0.717, 1.165) is 18.4 Å². The molecule has 1 aromatic rings. The average Bonchev–Trinajstić information content (AvgIpc) is 2.73. The number of likely N-dealkylation sites (tertiary alicyclic amines) is 1. The number of hydrogen-bond donors (Lipinski definition) is 1. The van der Waals surface area contributed by atoms with Gasteiger partial charge in [0.1, 0.15) is 0 Å². The normalized spacial score (nSPS) is 18.1. The van der Waals surface area contributed by atoms with Gasteiger partial charge in [0.25, 0.3) is 0 Å². The van der Waals surface area contributed by atoms with Gasteiger partial charge in [-0.3, -0.25) is 14.4 Å². The van der Waals surface area contributed by atoms with Crippen LogP contribution in [0.2, 0.25) is 0 Å². The number of amides is 2. The molecule has 1 aliphatic heterocycles. The Morgan fingerprint density at radius 2 is 1.82 bits per heavy atom. The highest BCUT2D eigenvalue weighted by Crippen LogP contribution is 2.25. The van der Waals surface area contributed by atoms with E-state index in [9.17, 15) is 14.4 Å². The van der Waals surface area contributed by atoms with Gasteiger partial charge in [-0.2, -0.15) is 0 Å². The van der Waals surface area contributed by atoms with E-state index in [4.69, 9.17) is 4.74 Å². The van der Waals surface area contributed by atoms with Gasteiger partial charge < -0.3 is 15.0 Å². The molecule has 1 saturated heterocycles. The zero-order valence-electron chi connectivity index (χ0n) is 16.8. The summed E-state index contributed by atoms with van der Waals surface area (Å²) >= 11 is 0. The van der Waals surface area contributed by atoms with Crippen molar-refractivity contribution in [1.29, 1.82) is 0 Å². The first kappa shape index (κ1) is 20.4. The number of hydrogen-bond acceptors (Lipinski definition) is 4. The molecule has 1 N–H and O–H groups in total. The van der Waals surface area contributed by atoms with E-state index in [-0.39, 0.29) is 17.9 Å². The minimum atomic E-state index is -0.584. The van der Waals surface area contributed by atoms with Gasteiger partial charge in [-0.05, 0) is 69.1 Å². The van der Waals surface area contributed by atoms with E-state index < -0.39 is 11.8 Å². The molecule has 6 heteroatoms. The van der Waals surface area contributed by atoms with Gasteiger partial charge >= 0.3 is 17.8 Å². The SMILES string of the molecule is CCOC(=O)C1CCN(C(=O)C(=O)NC(C)c2ccc3c(c2)CCCC3)CC1.